The maximum atomic E-state index is 10.7. The van der Waals surface area contributed by atoms with Crippen LogP contribution in [0.1, 0.15) is 103 Å². The second kappa shape index (κ2) is 16.6. The number of hydrogen-bond acceptors (Lipinski definition) is 4. The molecule has 0 bridgehead atoms. The first-order valence-electron chi connectivity index (χ1n) is 10.7. The minimum atomic E-state index is 0.727. The Morgan fingerprint density at radius 2 is 1.44 bits per heavy atom. The molecule has 1 aliphatic rings. The predicted molar refractivity (Wildman–Crippen MR) is 110 cm³/mol. The number of nitrogens with zero attached hydrogens (tertiary/aromatic N) is 2. The molecule has 146 valence electrons. The van der Waals surface area contributed by atoms with Crippen LogP contribution in [0.2, 0.25) is 0 Å². The van der Waals surface area contributed by atoms with Crippen molar-refractivity contribution in [3.63, 3.8) is 0 Å². The highest BCUT2D eigenvalue weighted by Gasteiger charge is 2.12. The topological polar surface area (TPSA) is 50.7 Å². The summed E-state index contributed by atoms with van der Waals surface area (Å²) in [5.41, 5.74) is 1.96. The molecule has 0 saturated carbocycles. The standard InChI is InChI=1S/C21H40N3O/c1-2-3-4-5-6-7-8-9-10-11-12-13-14-15-16-17-18-21-22-19-20-24(21)23-25/h9-10,23H,2-8,11-20H2,1H3/q-1. The zero-order valence-electron chi connectivity index (χ0n) is 16.5. The molecule has 25 heavy (non-hydrogen) atoms. The van der Waals surface area contributed by atoms with Gasteiger partial charge in [-0.1, -0.05) is 76.9 Å². The first-order valence-corrected chi connectivity index (χ1v) is 10.7. The van der Waals surface area contributed by atoms with Crippen LogP contribution in [0, 0.1) is 5.21 Å². The molecule has 0 fully saturated rings. The molecule has 1 heterocycles. The number of amidine groups is 1. The lowest BCUT2D eigenvalue weighted by Crippen LogP contribution is -2.36. The molecule has 0 amide bonds. The van der Waals surface area contributed by atoms with E-state index in [1.165, 1.54) is 83.5 Å². The van der Waals surface area contributed by atoms with E-state index in [9.17, 15) is 5.21 Å². The molecule has 0 spiro atoms. The van der Waals surface area contributed by atoms with Crippen molar-refractivity contribution in [2.45, 2.75) is 103 Å². The molecule has 0 aromatic heterocycles. The summed E-state index contributed by atoms with van der Waals surface area (Å²) >= 11 is 0. The number of nitrogens with one attached hydrogen (secondary N) is 1. The second-order valence-electron chi connectivity index (χ2n) is 7.23. The van der Waals surface area contributed by atoms with Crippen molar-refractivity contribution in [2.24, 2.45) is 4.99 Å². The van der Waals surface area contributed by atoms with Gasteiger partial charge in [-0.3, -0.25) is 4.99 Å². The molecular weight excluding hydrogens is 310 g/mol. The monoisotopic (exact) mass is 350 g/mol. The lowest BCUT2D eigenvalue weighted by molar-refractivity contribution is 0.383. The number of aliphatic imine (C=N–C) groups is 1. The third-order valence-corrected chi connectivity index (χ3v) is 4.95. The van der Waals surface area contributed by atoms with Gasteiger partial charge in [0.15, 0.2) is 0 Å². The Morgan fingerprint density at radius 1 is 0.880 bits per heavy atom. The quantitative estimate of drug-likeness (QED) is 0.195. The lowest BCUT2D eigenvalue weighted by Gasteiger charge is -2.24. The Hall–Kier alpha value is -0.870. The average Bonchev–Trinajstić information content (AvgIpc) is 3.09. The summed E-state index contributed by atoms with van der Waals surface area (Å²) in [5.74, 6) is 0.950. The third kappa shape index (κ3) is 12.2. The number of allylic oxidation sites excluding steroid dienone is 2. The fourth-order valence-electron chi connectivity index (χ4n) is 3.34. The Morgan fingerprint density at radius 3 is 2.04 bits per heavy atom. The Kier molecular flexibility index (Phi) is 14.7. The Bertz CT molecular complexity index is 355. The van der Waals surface area contributed by atoms with Crippen LogP contribution >= 0.6 is 0 Å². The van der Waals surface area contributed by atoms with Gasteiger partial charge >= 0.3 is 0 Å². The molecule has 0 atom stereocenters. The van der Waals surface area contributed by atoms with Crippen LogP contribution in [0.3, 0.4) is 0 Å². The lowest BCUT2D eigenvalue weighted by atomic mass is 10.1. The van der Waals surface area contributed by atoms with Gasteiger partial charge in [-0.25, -0.2) is 0 Å². The zero-order valence-corrected chi connectivity index (χ0v) is 16.5. The number of hydrogen-bond donors (Lipinski definition) is 1. The average molecular weight is 351 g/mol. The Balaban J connectivity index is 1.78. The van der Waals surface area contributed by atoms with Gasteiger partial charge in [0.25, 0.3) is 0 Å². The van der Waals surface area contributed by atoms with Gasteiger partial charge in [-0.2, -0.15) is 0 Å². The van der Waals surface area contributed by atoms with Crippen molar-refractivity contribution in [2.75, 3.05) is 13.1 Å². The number of unbranched alkanes of at least 4 members (excludes halogenated alkanes) is 12. The molecule has 0 unspecified atom stereocenters. The van der Waals surface area contributed by atoms with E-state index in [1.807, 2.05) is 5.59 Å². The van der Waals surface area contributed by atoms with Gasteiger partial charge in [0.2, 0.25) is 0 Å². The van der Waals surface area contributed by atoms with Gasteiger partial charge in [-0.05, 0) is 32.1 Å². The maximum Gasteiger partial charge on any atom is 0.112 e. The van der Waals surface area contributed by atoms with Crippen LogP contribution in [-0.4, -0.2) is 23.9 Å². The first kappa shape index (κ1) is 22.2. The van der Waals surface area contributed by atoms with Gasteiger partial charge < -0.3 is 15.8 Å². The van der Waals surface area contributed by atoms with Crippen LogP contribution in [0.5, 0.6) is 0 Å². The molecule has 0 radical (unpaired) electrons. The first-order chi connectivity index (χ1) is 12.4. The summed E-state index contributed by atoms with van der Waals surface area (Å²) in [6.07, 6.45) is 24.3. The van der Waals surface area contributed by atoms with Crippen LogP contribution in [-0.2, 0) is 0 Å². The van der Waals surface area contributed by atoms with Crippen molar-refractivity contribution in [3.8, 4) is 0 Å². The summed E-state index contributed by atoms with van der Waals surface area (Å²) in [6, 6.07) is 0. The SMILES string of the molecule is CCCCCCCCC=CCCCCCCCCC1=NCCN1N[O-]. The summed E-state index contributed by atoms with van der Waals surface area (Å²) in [5, 5.41) is 12.3. The van der Waals surface area contributed by atoms with E-state index >= 15 is 0 Å². The molecule has 0 aliphatic carbocycles. The van der Waals surface area contributed by atoms with E-state index in [0.717, 1.165) is 31.8 Å². The highest BCUT2D eigenvalue weighted by molar-refractivity contribution is 5.83. The number of hydrazine groups is 1. The van der Waals surface area contributed by atoms with Crippen molar-refractivity contribution in [1.82, 2.24) is 10.6 Å². The molecular formula is C21H40N3O-. The normalized spacial score (nSPS) is 14.6. The van der Waals surface area contributed by atoms with E-state index in [2.05, 4.69) is 24.1 Å². The minimum absolute atomic E-state index is 0.727. The fraction of sp³-hybridized carbons (Fsp3) is 0.857. The van der Waals surface area contributed by atoms with E-state index in [4.69, 9.17) is 0 Å². The summed E-state index contributed by atoms with van der Waals surface area (Å²) in [7, 11) is 0. The fourth-order valence-corrected chi connectivity index (χ4v) is 3.34. The molecule has 0 aromatic carbocycles. The van der Waals surface area contributed by atoms with Crippen LogP contribution in [0.25, 0.3) is 0 Å². The molecule has 4 nitrogen and oxygen atoms in total. The van der Waals surface area contributed by atoms with E-state index < -0.39 is 0 Å². The second-order valence-corrected chi connectivity index (χ2v) is 7.23. The summed E-state index contributed by atoms with van der Waals surface area (Å²) in [4.78, 5) is 4.37. The molecule has 0 aromatic rings. The van der Waals surface area contributed by atoms with Crippen molar-refractivity contribution in [3.05, 3.63) is 17.4 Å². The highest BCUT2D eigenvalue weighted by Crippen LogP contribution is 2.12. The zero-order chi connectivity index (χ0) is 18.0. The van der Waals surface area contributed by atoms with Crippen LogP contribution in [0.15, 0.2) is 17.1 Å². The van der Waals surface area contributed by atoms with E-state index in [1.54, 1.807) is 5.01 Å². The number of rotatable bonds is 17. The van der Waals surface area contributed by atoms with Gasteiger partial charge in [0, 0.05) is 6.42 Å². The van der Waals surface area contributed by atoms with E-state index in [0.29, 0.717) is 0 Å². The molecule has 1 rings (SSSR count). The van der Waals surface area contributed by atoms with Gasteiger partial charge in [0.1, 0.15) is 5.84 Å². The predicted octanol–water partition coefficient (Wildman–Crippen LogP) is 6.13. The minimum Gasteiger partial charge on any atom is -0.770 e. The summed E-state index contributed by atoms with van der Waals surface area (Å²) in [6.45, 7) is 3.76. The van der Waals surface area contributed by atoms with Gasteiger partial charge in [-0.15, -0.1) is 0 Å². The molecule has 4 heteroatoms. The van der Waals surface area contributed by atoms with E-state index in [-0.39, 0.29) is 0 Å². The van der Waals surface area contributed by atoms with Crippen molar-refractivity contribution < 1.29 is 0 Å². The largest absolute Gasteiger partial charge is 0.770 e. The molecule has 0 saturated heterocycles. The van der Waals surface area contributed by atoms with Crippen molar-refractivity contribution >= 4 is 5.84 Å². The third-order valence-electron chi connectivity index (χ3n) is 4.95. The molecule has 1 aliphatic heterocycles. The van der Waals surface area contributed by atoms with Crippen molar-refractivity contribution in [1.29, 1.82) is 0 Å². The highest BCUT2D eigenvalue weighted by atomic mass is 16.5. The van der Waals surface area contributed by atoms with Crippen LogP contribution < -0.4 is 5.59 Å². The maximum absolute atomic E-state index is 10.7. The smallest absolute Gasteiger partial charge is 0.112 e. The summed E-state index contributed by atoms with van der Waals surface area (Å²) < 4.78 is 0. The van der Waals surface area contributed by atoms with Crippen LogP contribution in [0.4, 0.5) is 0 Å². The Labute approximate surface area is 155 Å². The molecule has 1 N–H and O–H groups in total. The van der Waals surface area contributed by atoms with Gasteiger partial charge in [0.05, 0.1) is 13.1 Å².